The number of carbonyl (C=O) groups excluding carboxylic acids is 2. The Bertz CT molecular complexity index is 838. The van der Waals surface area contributed by atoms with E-state index in [1.54, 1.807) is 6.92 Å². The molecule has 0 aromatic carbocycles. The maximum absolute atomic E-state index is 12.9. The minimum Gasteiger partial charge on any atom is -0.451 e. The van der Waals surface area contributed by atoms with E-state index in [2.05, 4.69) is 46.8 Å². The van der Waals surface area contributed by atoms with Crippen LogP contribution in [0.5, 0.6) is 0 Å². The topological polar surface area (TPSA) is 52.6 Å². The second-order valence-electron chi connectivity index (χ2n) is 11.4. The molecule has 7 atom stereocenters. The molecule has 0 spiro atoms. The fraction of sp³-hybridized carbons (Fsp3) is 0.778. The highest BCUT2D eigenvalue weighted by molar-refractivity contribution is 5.89. The average Bonchev–Trinajstić information content (AvgIpc) is 2.96. The van der Waals surface area contributed by atoms with Crippen molar-refractivity contribution >= 4 is 11.8 Å². The van der Waals surface area contributed by atoms with Crippen LogP contribution in [0.25, 0.3) is 0 Å². The molecule has 31 heavy (non-hydrogen) atoms. The Balaban J connectivity index is 1.72. The molecule has 0 heterocycles. The molecular formula is C27H40O4. The van der Waals surface area contributed by atoms with Crippen LogP contribution in [-0.2, 0) is 19.1 Å². The quantitative estimate of drug-likeness (QED) is 0.531. The van der Waals surface area contributed by atoms with Crippen molar-refractivity contribution in [1.82, 2.24) is 0 Å². The highest BCUT2D eigenvalue weighted by Gasteiger charge is 2.67. The zero-order valence-electron chi connectivity index (χ0n) is 20.4. The standard InChI is InChI=1S/C27H40O4/c1-16(2)30-20-8-11-25(6)22-9-12-26(7)23(21(22)14-17(3)24(25)15-20)10-13-27(26,18(4)28)31-19(5)29/h14-16,20-23H,8-13H2,1-7H3/t20-,21+,22-,23-,25-,26+,27+/m1/s1. The summed E-state index contributed by atoms with van der Waals surface area (Å²) in [6.45, 7) is 14.2. The Morgan fingerprint density at radius 3 is 2.29 bits per heavy atom. The molecule has 0 bridgehead atoms. The van der Waals surface area contributed by atoms with Crippen LogP contribution in [0, 0.1) is 28.6 Å². The first-order chi connectivity index (χ1) is 14.4. The maximum atomic E-state index is 12.9. The molecule has 0 aliphatic heterocycles. The molecule has 4 rings (SSSR count). The third kappa shape index (κ3) is 3.27. The van der Waals surface area contributed by atoms with E-state index in [0.717, 1.165) is 32.1 Å². The smallest absolute Gasteiger partial charge is 0.303 e. The predicted octanol–water partition coefficient (Wildman–Crippen LogP) is 5.80. The largest absolute Gasteiger partial charge is 0.451 e. The van der Waals surface area contributed by atoms with Gasteiger partial charge in [-0.1, -0.05) is 31.6 Å². The number of fused-ring (bicyclic) bond motifs is 5. The molecule has 4 aliphatic carbocycles. The number of carbonyl (C=O) groups is 2. The molecule has 4 nitrogen and oxygen atoms in total. The molecule has 172 valence electrons. The Kier molecular flexibility index (Phi) is 5.56. The summed E-state index contributed by atoms with van der Waals surface area (Å²) in [6.07, 6.45) is 11.2. The summed E-state index contributed by atoms with van der Waals surface area (Å²) >= 11 is 0. The second-order valence-corrected chi connectivity index (χ2v) is 11.4. The van der Waals surface area contributed by atoms with Gasteiger partial charge in [-0.3, -0.25) is 9.59 Å². The van der Waals surface area contributed by atoms with E-state index in [9.17, 15) is 9.59 Å². The van der Waals surface area contributed by atoms with Gasteiger partial charge in [0, 0.05) is 12.3 Å². The van der Waals surface area contributed by atoms with Crippen LogP contribution in [0.4, 0.5) is 0 Å². The van der Waals surface area contributed by atoms with Gasteiger partial charge in [-0.25, -0.2) is 0 Å². The molecule has 0 saturated heterocycles. The van der Waals surface area contributed by atoms with Crippen molar-refractivity contribution in [2.45, 2.75) is 105 Å². The van der Waals surface area contributed by atoms with Crippen LogP contribution in [0.2, 0.25) is 0 Å². The summed E-state index contributed by atoms with van der Waals surface area (Å²) in [6, 6.07) is 0. The van der Waals surface area contributed by atoms with E-state index in [1.165, 1.54) is 18.1 Å². The van der Waals surface area contributed by atoms with Crippen molar-refractivity contribution in [3.05, 3.63) is 23.3 Å². The van der Waals surface area contributed by atoms with Crippen LogP contribution >= 0.6 is 0 Å². The molecule has 0 amide bonds. The molecule has 0 aromatic heterocycles. The Labute approximate surface area is 187 Å². The lowest BCUT2D eigenvalue weighted by Crippen LogP contribution is -2.58. The lowest BCUT2D eigenvalue weighted by atomic mass is 9.47. The van der Waals surface area contributed by atoms with Crippen molar-refractivity contribution < 1.29 is 19.1 Å². The minimum atomic E-state index is -0.962. The van der Waals surface area contributed by atoms with Gasteiger partial charge < -0.3 is 9.47 Å². The van der Waals surface area contributed by atoms with Gasteiger partial charge in [0.1, 0.15) is 0 Å². The van der Waals surface area contributed by atoms with Crippen molar-refractivity contribution in [3.63, 3.8) is 0 Å². The number of ether oxygens (including phenoxy) is 2. The van der Waals surface area contributed by atoms with Gasteiger partial charge in [-0.05, 0) is 95.0 Å². The van der Waals surface area contributed by atoms with Gasteiger partial charge in [0.05, 0.1) is 12.2 Å². The number of ketones is 1. The van der Waals surface area contributed by atoms with Gasteiger partial charge in [-0.2, -0.15) is 0 Å². The molecule has 0 radical (unpaired) electrons. The zero-order chi connectivity index (χ0) is 22.8. The number of hydrogen-bond donors (Lipinski definition) is 0. The van der Waals surface area contributed by atoms with Gasteiger partial charge in [0.25, 0.3) is 0 Å². The maximum Gasteiger partial charge on any atom is 0.303 e. The van der Waals surface area contributed by atoms with E-state index in [1.807, 2.05) is 0 Å². The van der Waals surface area contributed by atoms with Gasteiger partial charge in [0.2, 0.25) is 0 Å². The van der Waals surface area contributed by atoms with Gasteiger partial charge in [0.15, 0.2) is 11.4 Å². The predicted molar refractivity (Wildman–Crippen MR) is 121 cm³/mol. The summed E-state index contributed by atoms with van der Waals surface area (Å²) < 4.78 is 12.0. The molecule has 2 fully saturated rings. The van der Waals surface area contributed by atoms with E-state index >= 15 is 0 Å². The molecule has 0 N–H and O–H groups in total. The summed E-state index contributed by atoms with van der Waals surface area (Å²) in [7, 11) is 0. The van der Waals surface area contributed by atoms with Crippen LogP contribution < -0.4 is 0 Å². The third-order valence-corrected chi connectivity index (χ3v) is 9.39. The lowest BCUT2D eigenvalue weighted by molar-refractivity contribution is -0.185. The molecule has 4 heteroatoms. The molecular weight excluding hydrogens is 388 g/mol. The zero-order valence-corrected chi connectivity index (χ0v) is 20.4. The number of allylic oxidation sites excluding steroid dienone is 3. The van der Waals surface area contributed by atoms with Crippen molar-refractivity contribution in [2.75, 3.05) is 0 Å². The molecule has 0 unspecified atom stereocenters. The number of Topliss-reactive ketones (excluding diaryl/α,β-unsaturated/α-hetero) is 1. The first kappa shape index (κ1) is 22.8. The Morgan fingerprint density at radius 2 is 1.68 bits per heavy atom. The Morgan fingerprint density at radius 1 is 1.00 bits per heavy atom. The first-order valence-corrected chi connectivity index (χ1v) is 12.2. The number of rotatable bonds is 4. The van der Waals surface area contributed by atoms with Crippen molar-refractivity contribution in [3.8, 4) is 0 Å². The summed E-state index contributed by atoms with van der Waals surface area (Å²) in [4.78, 5) is 24.9. The van der Waals surface area contributed by atoms with Gasteiger partial charge >= 0.3 is 5.97 Å². The van der Waals surface area contributed by atoms with Crippen molar-refractivity contribution in [1.29, 1.82) is 0 Å². The molecule has 0 aromatic rings. The Hall–Kier alpha value is -1.42. The molecule has 2 saturated carbocycles. The van der Waals surface area contributed by atoms with Crippen LogP contribution in [0.1, 0.15) is 87.0 Å². The normalized spacial score (nSPS) is 44.0. The van der Waals surface area contributed by atoms with Gasteiger partial charge in [-0.15, -0.1) is 0 Å². The first-order valence-electron chi connectivity index (χ1n) is 12.2. The van der Waals surface area contributed by atoms with Crippen LogP contribution in [0.15, 0.2) is 23.3 Å². The molecule has 4 aliphatic rings. The highest BCUT2D eigenvalue weighted by atomic mass is 16.6. The summed E-state index contributed by atoms with van der Waals surface area (Å²) in [5, 5.41) is 0. The van der Waals surface area contributed by atoms with Crippen LogP contribution in [-0.4, -0.2) is 29.6 Å². The lowest BCUT2D eigenvalue weighted by Gasteiger charge is -2.58. The summed E-state index contributed by atoms with van der Waals surface area (Å²) in [5.41, 5.74) is 1.75. The van der Waals surface area contributed by atoms with Crippen molar-refractivity contribution in [2.24, 2.45) is 28.6 Å². The van der Waals surface area contributed by atoms with E-state index in [4.69, 9.17) is 9.47 Å². The van der Waals surface area contributed by atoms with E-state index in [-0.39, 0.29) is 34.8 Å². The SMILES string of the molecule is CC(=O)O[C@]1(C(C)=O)CC[C@@H]2[C@H]3C=C(C)C4=C[C@H](OC(C)C)CC[C@]4(C)[C@@H]3CC[C@@]21C. The number of hydrogen-bond acceptors (Lipinski definition) is 4. The van der Waals surface area contributed by atoms with E-state index in [0.29, 0.717) is 24.2 Å². The van der Waals surface area contributed by atoms with E-state index < -0.39 is 5.60 Å². The number of esters is 1. The minimum absolute atomic E-state index is 0.0146. The monoisotopic (exact) mass is 428 g/mol. The average molecular weight is 429 g/mol. The summed E-state index contributed by atoms with van der Waals surface area (Å²) in [5.74, 6) is 1.05. The fourth-order valence-electron chi connectivity index (χ4n) is 8.07. The highest BCUT2D eigenvalue weighted by Crippen LogP contribution is 2.68. The third-order valence-electron chi connectivity index (χ3n) is 9.39. The van der Waals surface area contributed by atoms with Crippen LogP contribution in [0.3, 0.4) is 0 Å². The second kappa shape index (κ2) is 7.57. The fourth-order valence-corrected chi connectivity index (χ4v) is 8.07.